The van der Waals surface area contributed by atoms with Gasteiger partial charge in [-0.1, -0.05) is 60.7 Å². The van der Waals surface area contributed by atoms with E-state index >= 15 is 0 Å². The number of guanidine groups is 1. The number of aliphatic imine (C=N–C) groups is 1. The van der Waals surface area contributed by atoms with Crippen molar-refractivity contribution < 1.29 is 0 Å². The summed E-state index contributed by atoms with van der Waals surface area (Å²) in [5.74, 6) is 1.23. The standard InChI is InChI=1S/C23H29N5.HI/c1-24-23(26-13-8-15-28-16-14-25-19-28)27-18-22(21-11-6-3-7-12-21)17-20-9-4-2-5-10-20;/h2-7,9-12,14,16,19,22H,8,13,15,17-18H2,1H3,(H2,24,26,27);1H. The molecule has 1 atom stereocenters. The molecular weight excluding hydrogens is 473 g/mol. The fourth-order valence-electron chi connectivity index (χ4n) is 3.26. The van der Waals surface area contributed by atoms with Crippen molar-refractivity contribution in [1.29, 1.82) is 0 Å². The molecule has 1 aromatic heterocycles. The summed E-state index contributed by atoms with van der Waals surface area (Å²) in [5, 5.41) is 6.91. The molecule has 154 valence electrons. The van der Waals surface area contributed by atoms with Crippen LogP contribution in [-0.4, -0.2) is 35.6 Å². The van der Waals surface area contributed by atoms with E-state index in [1.165, 1.54) is 11.1 Å². The number of aromatic nitrogens is 2. The fourth-order valence-corrected chi connectivity index (χ4v) is 3.26. The van der Waals surface area contributed by atoms with Crippen LogP contribution in [0.3, 0.4) is 0 Å². The van der Waals surface area contributed by atoms with E-state index < -0.39 is 0 Å². The molecule has 0 saturated heterocycles. The van der Waals surface area contributed by atoms with E-state index in [0.717, 1.165) is 38.4 Å². The van der Waals surface area contributed by atoms with Crippen LogP contribution in [0.4, 0.5) is 0 Å². The molecule has 0 fully saturated rings. The molecule has 3 aromatic rings. The first-order valence-electron chi connectivity index (χ1n) is 9.84. The van der Waals surface area contributed by atoms with E-state index in [1.54, 1.807) is 0 Å². The average molecular weight is 503 g/mol. The zero-order valence-corrected chi connectivity index (χ0v) is 19.2. The zero-order valence-electron chi connectivity index (χ0n) is 16.9. The number of nitrogens with one attached hydrogen (secondary N) is 2. The Labute approximate surface area is 190 Å². The summed E-state index contributed by atoms with van der Waals surface area (Å²) in [6.07, 6.45) is 7.66. The summed E-state index contributed by atoms with van der Waals surface area (Å²) in [6, 6.07) is 21.3. The van der Waals surface area contributed by atoms with E-state index in [4.69, 9.17) is 0 Å². The van der Waals surface area contributed by atoms with Crippen molar-refractivity contribution in [3.63, 3.8) is 0 Å². The Kier molecular flexibility index (Phi) is 10.3. The number of aryl methyl sites for hydroxylation is 1. The Bertz CT molecular complexity index is 819. The minimum atomic E-state index is 0. The maximum atomic E-state index is 4.37. The molecule has 0 radical (unpaired) electrons. The zero-order chi connectivity index (χ0) is 19.4. The molecule has 1 unspecified atom stereocenters. The van der Waals surface area contributed by atoms with E-state index in [0.29, 0.717) is 5.92 Å². The van der Waals surface area contributed by atoms with Crippen molar-refractivity contribution in [2.75, 3.05) is 20.1 Å². The van der Waals surface area contributed by atoms with Crippen molar-refractivity contribution in [3.05, 3.63) is 90.5 Å². The molecule has 0 aliphatic heterocycles. The lowest BCUT2D eigenvalue weighted by molar-refractivity contribution is 0.613. The van der Waals surface area contributed by atoms with E-state index in [2.05, 4.69) is 85.8 Å². The predicted octanol–water partition coefficient (Wildman–Crippen LogP) is 4.08. The summed E-state index contributed by atoms with van der Waals surface area (Å²) < 4.78 is 2.09. The lowest BCUT2D eigenvalue weighted by Gasteiger charge is -2.20. The van der Waals surface area contributed by atoms with Crippen LogP contribution in [0.5, 0.6) is 0 Å². The highest BCUT2D eigenvalue weighted by atomic mass is 127. The molecule has 0 saturated carbocycles. The van der Waals surface area contributed by atoms with Crippen LogP contribution in [-0.2, 0) is 13.0 Å². The Balaban J connectivity index is 0.00000300. The summed E-state index contributed by atoms with van der Waals surface area (Å²) in [4.78, 5) is 8.44. The van der Waals surface area contributed by atoms with Gasteiger partial charge in [-0.2, -0.15) is 0 Å². The lowest BCUT2D eigenvalue weighted by Crippen LogP contribution is -2.40. The maximum Gasteiger partial charge on any atom is 0.190 e. The highest BCUT2D eigenvalue weighted by Gasteiger charge is 2.13. The van der Waals surface area contributed by atoms with Crippen LogP contribution in [0, 0.1) is 0 Å². The summed E-state index contributed by atoms with van der Waals surface area (Å²) in [6.45, 7) is 2.65. The van der Waals surface area contributed by atoms with Gasteiger partial charge in [0.15, 0.2) is 5.96 Å². The van der Waals surface area contributed by atoms with E-state index in [9.17, 15) is 0 Å². The first-order chi connectivity index (χ1) is 13.8. The highest BCUT2D eigenvalue weighted by molar-refractivity contribution is 14.0. The van der Waals surface area contributed by atoms with Gasteiger partial charge in [0.05, 0.1) is 6.33 Å². The molecular formula is C23H30IN5. The average Bonchev–Trinajstić information content (AvgIpc) is 3.27. The van der Waals surface area contributed by atoms with Gasteiger partial charge in [-0.15, -0.1) is 24.0 Å². The normalized spacial score (nSPS) is 12.1. The fraction of sp³-hybridized carbons (Fsp3) is 0.304. The molecule has 0 aliphatic carbocycles. The number of nitrogens with zero attached hydrogens (tertiary/aromatic N) is 3. The SMILES string of the molecule is CN=C(NCCCn1ccnc1)NCC(Cc1ccccc1)c1ccccc1.I. The lowest BCUT2D eigenvalue weighted by atomic mass is 9.92. The molecule has 0 amide bonds. The molecule has 5 nitrogen and oxygen atoms in total. The van der Waals surface area contributed by atoms with Gasteiger partial charge in [-0.25, -0.2) is 4.98 Å². The third-order valence-electron chi connectivity index (χ3n) is 4.78. The number of halogens is 1. The number of imidazole rings is 1. The Morgan fingerprint density at radius 3 is 2.41 bits per heavy atom. The number of hydrogen-bond donors (Lipinski definition) is 2. The van der Waals surface area contributed by atoms with Crippen molar-refractivity contribution in [1.82, 2.24) is 20.2 Å². The second-order valence-electron chi connectivity index (χ2n) is 6.83. The van der Waals surface area contributed by atoms with Crippen molar-refractivity contribution in [2.24, 2.45) is 4.99 Å². The molecule has 2 aromatic carbocycles. The van der Waals surface area contributed by atoms with Crippen molar-refractivity contribution >= 4 is 29.9 Å². The van der Waals surface area contributed by atoms with Crippen LogP contribution in [0.1, 0.15) is 23.5 Å². The second kappa shape index (κ2) is 13.0. The summed E-state index contributed by atoms with van der Waals surface area (Å²) in [5.41, 5.74) is 2.69. The summed E-state index contributed by atoms with van der Waals surface area (Å²) in [7, 11) is 1.82. The minimum Gasteiger partial charge on any atom is -0.356 e. The van der Waals surface area contributed by atoms with Gasteiger partial charge in [-0.05, 0) is 24.0 Å². The smallest absolute Gasteiger partial charge is 0.190 e. The van der Waals surface area contributed by atoms with Crippen LogP contribution in [0.15, 0.2) is 84.4 Å². The molecule has 0 spiro atoms. The van der Waals surface area contributed by atoms with Gasteiger partial charge in [0, 0.05) is 45.0 Å². The number of hydrogen-bond acceptors (Lipinski definition) is 2. The minimum absolute atomic E-state index is 0. The van der Waals surface area contributed by atoms with Crippen LogP contribution in [0.25, 0.3) is 0 Å². The van der Waals surface area contributed by atoms with Crippen LogP contribution < -0.4 is 10.6 Å². The van der Waals surface area contributed by atoms with Crippen LogP contribution >= 0.6 is 24.0 Å². The second-order valence-corrected chi connectivity index (χ2v) is 6.83. The third kappa shape index (κ3) is 7.89. The van der Waals surface area contributed by atoms with Gasteiger partial charge >= 0.3 is 0 Å². The maximum absolute atomic E-state index is 4.37. The van der Waals surface area contributed by atoms with Crippen LogP contribution in [0.2, 0.25) is 0 Å². The molecule has 1 heterocycles. The predicted molar refractivity (Wildman–Crippen MR) is 131 cm³/mol. The number of rotatable bonds is 9. The van der Waals surface area contributed by atoms with Crippen molar-refractivity contribution in [3.8, 4) is 0 Å². The molecule has 3 rings (SSSR count). The Morgan fingerprint density at radius 1 is 1.03 bits per heavy atom. The molecule has 29 heavy (non-hydrogen) atoms. The quantitative estimate of drug-likeness (QED) is 0.200. The monoisotopic (exact) mass is 503 g/mol. The van der Waals surface area contributed by atoms with Gasteiger partial charge in [0.2, 0.25) is 0 Å². The molecule has 0 aliphatic rings. The molecule has 2 N–H and O–H groups in total. The van der Waals surface area contributed by atoms with E-state index in [1.807, 2.05) is 25.8 Å². The van der Waals surface area contributed by atoms with Crippen molar-refractivity contribution in [2.45, 2.75) is 25.3 Å². The topological polar surface area (TPSA) is 54.2 Å². The first-order valence-corrected chi connectivity index (χ1v) is 9.84. The molecule has 6 heteroatoms. The van der Waals surface area contributed by atoms with E-state index in [-0.39, 0.29) is 24.0 Å². The largest absolute Gasteiger partial charge is 0.356 e. The van der Waals surface area contributed by atoms with Gasteiger partial charge < -0.3 is 15.2 Å². The third-order valence-corrected chi connectivity index (χ3v) is 4.78. The Hall–Kier alpha value is -2.35. The van der Waals surface area contributed by atoms with Gasteiger partial charge in [-0.3, -0.25) is 4.99 Å². The van der Waals surface area contributed by atoms with Gasteiger partial charge in [0.25, 0.3) is 0 Å². The Morgan fingerprint density at radius 2 is 1.76 bits per heavy atom. The number of benzene rings is 2. The molecule has 0 bridgehead atoms. The van der Waals surface area contributed by atoms with Gasteiger partial charge in [0.1, 0.15) is 0 Å². The highest BCUT2D eigenvalue weighted by Crippen LogP contribution is 2.20. The first kappa shape index (κ1) is 22.9. The summed E-state index contributed by atoms with van der Waals surface area (Å²) >= 11 is 0.